The van der Waals surface area contributed by atoms with E-state index in [1.165, 1.54) is 58.2 Å². The molecule has 0 radical (unpaired) electrons. The fourth-order valence-corrected chi connectivity index (χ4v) is 11.1. The molecule has 0 amide bonds. The van der Waals surface area contributed by atoms with Gasteiger partial charge in [-0.15, -0.1) is 11.3 Å². The van der Waals surface area contributed by atoms with E-state index >= 15 is 0 Å². The summed E-state index contributed by atoms with van der Waals surface area (Å²) in [7, 11) is 0. The molecule has 6 heteroatoms. The third kappa shape index (κ3) is 5.88. The second kappa shape index (κ2) is 14.7. The van der Waals surface area contributed by atoms with Gasteiger partial charge in [-0.25, -0.2) is 15.0 Å². The number of aliphatic imine (C=N–C) groups is 2. The molecule has 64 heavy (non-hydrogen) atoms. The maximum absolute atomic E-state index is 5.39. The highest BCUT2D eigenvalue weighted by atomic mass is 32.1. The van der Waals surface area contributed by atoms with Crippen LogP contribution in [0.25, 0.3) is 91.7 Å². The summed E-state index contributed by atoms with van der Waals surface area (Å²) < 4.78 is 4.88. The number of rotatable bonds is 6. The van der Waals surface area contributed by atoms with Gasteiger partial charge in [0.15, 0.2) is 6.17 Å². The third-order valence-corrected chi connectivity index (χ3v) is 13.9. The maximum Gasteiger partial charge on any atom is 0.169 e. The molecule has 1 atom stereocenters. The number of amidine groups is 2. The predicted molar refractivity (Wildman–Crippen MR) is 269 cm³/mol. The van der Waals surface area contributed by atoms with Crippen molar-refractivity contribution < 1.29 is 0 Å². The van der Waals surface area contributed by atoms with Gasteiger partial charge in [-0.1, -0.05) is 164 Å². The van der Waals surface area contributed by atoms with Crippen molar-refractivity contribution in [3.8, 4) is 28.1 Å². The molecule has 1 N–H and O–H groups in total. The molecule has 1 aliphatic rings. The average Bonchev–Trinajstić information content (AvgIpc) is 3.92. The standard InChI is InChI=1S/C58H37N5S/c1-4-16-36(17-5-1)53-47-32-31-45-44-27-15-26-42(54(44)64-55(45)52(47)46-25-10-12-28-49(46)59-53)38-20-14-21-39(34-38)57-60-56(37-18-6-2-7-19-37)61-58(62-57)40-30-33-51-48(35-40)43-24-11-13-29-50(43)63(51)41-22-8-3-9-23-41/h1-35,57H,(H,60,61,62). The maximum atomic E-state index is 5.39. The lowest BCUT2D eigenvalue weighted by Gasteiger charge is -2.23. The van der Waals surface area contributed by atoms with Gasteiger partial charge in [0.2, 0.25) is 0 Å². The molecule has 0 bridgehead atoms. The van der Waals surface area contributed by atoms with Gasteiger partial charge >= 0.3 is 0 Å². The van der Waals surface area contributed by atoms with E-state index in [0.717, 1.165) is 61.9 Å². The molecule has 1 unspecified atom stereocenters. The molecular weight excluding hydrogens is 799 g/mol. The largest absolute Gasteiger partial charge is 0.324 e. The van der Waals surface area contributed by atoms with Crippen LogP contribution in [-0.4, -0.2) is 21.2 Å². The summed E-state index contributed by atoms with van der Waals surface area (Å²) >= 11 is 1.88. The van der Waals surface area contributed by atoms with Gasteiger partial charge in [-0.05, 0) is 65.2 Å². The fourth-order valence-electron chi connectivity index (χ4n) is 9.66. The summed E-state index contributed by atoms with van der Waals surface area (Å²) in [5.74, 6) is 1.58. The van der Waals surface area contributed by atoms with Crippen LogP contribution < -0.4 is 5.32 Å². The Balaban J connectivity index is 0.955. The molecule has 0 saturated carbocycles. The van der Waals surface area contributed by atoms with E-state index in [9.17, 15) is 0 Å². The molecule has 3 aromatic heterocycles. The van der Waals surface area contributed by atoms with Gasteiger partial charge in [0.05, 0.1) is 22.2 Å². The van der Waals surface area contributed by atoms with Crippen LogP contribution in [0.2, 0.25) is 0 Å². The number of nitrogens with zero attached hydrogens (tertiary/aromatic N) is 4. The van der Waals surface area contributed by atoms with Crippen LogP contribution in [-0.2, 0) is 0 Å². The van der Waals surface area contributed by atoms with Crippen molar-refractivity contribution in [1.82, 2.24) is 14.9 Å². The van der Waals surface area contributed by atoms with Crippen LogP contribution in [0.15, 0.2) is 222 Å². The molecule has 0 fully saturated rings. The lowest BCUT2D eigenvalue weighted by atomic mass is 9.97. The number of para-hydroxylation sites is 3. The highest BCUT2D eigenvalue weighted by molar-refractivity contribution is 7.27. The second-order valence-corrected chi connectivity index (χ2v) is 17.4. The molecule has 13 rings (SSSR count). The smallest absolute Gasteiger partial charge is 0.169 e. The summed E-state index contributed by atoms with van der Waals surface area (Å²) in [6.45, 7) is 0. The normalized spacial score (nSPS) is 14.1. The van der Waals surface area contributed by atoms with Crippen molar-refractivity contribution in [3.05, 3.63) is 229 Å². The molecule has 5 nitrogen and oxygen atoms in total. The minimum atomic E-state index is -0.464. The highest BCUT2D eigenvalue weighted by Gasteiger charge is 2.23. The van der Waals surface area contributed by atoms with Crippen molar-refractivity contribution >= 4 is 86.7 Å². The first-order valence-electron chi connectivity index (χ1n) is 21.6. The van der Waals surface area contributed by atoms with Crippen LogP contribution in [0, 0.1) is 0 Å². The van der Waals surface area contributed by atoms with Crippen LogP contribution in [0.4, 0.5) is 0 Å². The Morgan fingerprint density at radius 2 is 1.05 bits per heavy atom. The summed E-state index contributed by atoms with van der Waals surface area (Å²) in [5, 5.41) is 12.1. The average molecular weight is 836 g/mol. The van der Waals surface area contributed by atoms with Crippen LogP contribution >= 0.6 is 11.3 Å². The van der Waals surface area contributed by atoms with Crippen molar-refractivity contribution in [1.29, 1.82) is 0 Å². The van der Waals surface area contributed by atoms with Crippen LogP contribution in [0.3, 0.4) is 0 Å². The first kappa shape index (κ1) is 36.5. The van der Waals surface area contributed by atoms with E-state index in [2.05, 4.69) is 216 Å². The molecule has 12 aromatic rings. The Bertz CT molecular complexity index is 3870. The zero-order valence-electron chi connectivity index (χ0n) is 34.5. The first-order valence-corrected chi connectivity index (χ1v) is 22.4. The SMILES string of the molecule is c1ccc(C2=NC(c3cccc(-c4cccc5c4sc4c5ccc5c(-c6ccccc6)nc6ccccc6c54)c3)N=C(c3ccc4c(c3)c3ccccc3n4-c3ccccc3)N2)cc1. The van der Waals surface area contributed by atoms with Crippen molar-refractivity contribution in [3.63, 3.8) is 0 Å². The van der Waals surface area contributed by atoms with E-state index in [4.69, 9.17) is 15.0 Å². The second-order valence-electron chi connectivity index (χ2n) is 16.4. The zero-order chi connectivity index (χ0) is 42.1. The number of aromatic nitrogens is 2. The van der Waals surface area contributed by atoms with Gasteiger partial charge in [-0.2, -0.15) is 0 Å². The molecule has 0 spiro atoms. The fraction of sp³-hybridized carbons (Fsp3) is 0.0172. The lowest BCUT2D eigenvalue weighted by molar-refractivity contribution is 0.756. The van der Waals surface area contributed by atoms with Crippen molar-refractivity contribution in [2.75, 3.05) is 0 Å². The van der Waals surface area contributed by atoms with E-state index in [1.54, 1.807) is 0 Å². The Labute approximate surface area is 373 Å². The monoisotopic (exact) mass is 835 g/mol. The molecule has 300 valence electrons. The number of fused-ring (bicyclic) bond motifs is 10. The Kier molecular flexibility index (Phi) is 8.39. The quantitative estimate of drug-likeness (QED) is 0.170. The van der Waals surface area contributed by atoms with Gasteiger partial charge in [-0.3, -0.25) is 0 Å². The summed E-state index contributed by atoms with van der Waals surface area (Å²) in [5.41, 5.74) is 12.0. The number of hydrogen-bond acceptors (Lipinski definition) is 5. The molecular formula is C58H37N5S. The number of pyridine rings is 1. The number of nitrogens with one attached hydrogen (secondary N) is 1. The zero-order valence-corrected chi connectivity index (χ0v) is 35.3. The minimum absolute atomic E-state index is 0.464. The molecule has 4 heterocycles. The van der Waals surface area contributed by atoms with Gasteiger partial charge in [0.25, 0.3) is 0 Å². The van der Waals surface area contributed by atoms with Gasteiger partial charge < -0.3 is 9.88 Å². The molecule has 1 aliphatic heterocycles. The summed E-state index contributed by atoms with van der Waals surface area (Å²) in [4.78, 5) is 15.9. The Morgan fingerprint density at radius 3 is 1.88 bits per heavy atom. The molecule has 0 aliphatic carbocycles. The van der Waals surface area contributed by atoms with Crippen molar-refractivity contribution in [2.45, 2.75) is 6.17 Å². The summed E-state index contributed by atoms with van der Waals surface area (Å²) in [6.07, 6.45) is -0.464. The third-order valence-electron chi connectivity index (χ3n) is 12.6. The van der Waals surface area contributed by atoms with E-state index < -0.39 is 6.17 Å². The Hall–Kier alpha value is -8.19. The van der Waals surface area contributed by atoms with E-state index in [1.807, 2.05) is 17.4 Å². The number of benzene rings is 9. The number of thiophene rings is 1. The predicted octanol–water partition coefficient (Wildman–Crippen LogP) is 14.7. The lowest BCUT2D eigenvalue weighted by Crippen LogP contribution is -2.36. The highest BCUT2D eigenvalue weighted by Crippen LogP contribution is 2.46. The van der Waals surface area contributed by atoms with E-state index in [-0.39, 0.29) is 0 Å². The molecule has 9 aromatic carbocycles. The number of hydrogen-bond donors (Lipinski definition) is 1. The summed E-state index contributed by atoms with van der Waals surface area (Å²) in [6, 6.07) is 75.5. The Morgan fingerprint density at radius 1 is 0.422 bits per heavy atom. The van der Waals surface area contributed by atoms with Gasteiger partial charge in [0.1, 0.15) is 11.7 Å². The topological polar surface area (TPSA) is 54.6 Å². The van der Waals surface area contributed by atoms with E-state index in [0.29, 0.717) is 0 Å². The first-order chi connectivity index (χ1) is 31.7. The van der Waals surface area contributed by atoms with Crippen molar-refractivity contribution in [2.24, 2.45) is 9.98 Å². The van der Waals surface area contributed by atoms with Gasteiger partial charge in [0, 0.05) is 69.5 Å². The molecule has 0 saturated heterocycles. The van der Waals surface area contributed by atoms with Crippen LogP contribution in [0.1, 0.15) is 22.9 Å². The minimum Gasteiger partial charge on any atom is -0.324 e. The van der Waals surface area contributed by atoms with Crippen LogP contribution in [0.5, 0.6) is 0 Å².